The zero-order valence-electron chi connectivity index (χ0n) is 9.77. The monoisotopic (exact) mass is 231 g/mol. The molecule has 4 nitrogen and oxygen atoms in total. The maximum Gasteiger partial charge on any atom is 0.422 e. The zero-order chi connectivity index (χ0) is 12.3. The van der Waals surface area contributed by atoms with Gasteiger partial charge >= 0.3 is 6.09 Å². The van der Waals surface area contributed by atoms with E-state index in [2.05, 4.69) is 12.0 Å². The average molecular weight is 231 g/mol. The summed E-state index contributed by atoms with van der Waals surface area (Å²) in [5.41, 5.74) is 0.831. The van der Waals surface area contributed by atoms with Crippen LogP contribution in [0, 0.1) is 12.0 Å². The molecule has 1 saturated heterocycles. The van der Waals surface area contributed by atoms with Crippen LogP contribution in [0.25, 0.3) is 0 Å². The molecule has 0 saturated carbocycles. The first-order valence-electron chi connectivity index (χ1n) is 5.32. The summed E-state index contributed by atoms with van der Waals surface area (Å²) in [6.45, 7) is 2.30. The highest BCUT2D eigenvalue weighted by Gasteiger charge is 2.27. The molecule has 1 aromatic rings. The van der Waals surface area contributed by atoms with Gasteiger partial charge in [0, 0.05) is 11.6 Å². The van der Waals surface area contributed by atoms with Gasteiger partial charge in [0.15, 0.2) is 0 Å². The number of hydrogen-bond donors (Lipinski definition) is 0. The third kappa shape index (κ3) is 2.51. The van der Waals surface area contributed by atoms with Crippen LogP contribution in [0.1, 0.15) is 12.5 Å². The fraction of sp³-hybridized carbons (Fsp3) is 0.308. The van der Waals surface area contributed by atoms with Crippen LogP contribution in [0.4, 0.5) is 4.79 Å². The van der Waals surface area contributed by atoms with Crippen LogP contribution in [-0.4, -0.2) is 30.8 Å². The van der Waals surface area contributed by atoms with Crippen LogP contribution in [0.2, 0.25) is 0 Å². The van der Waals surface area contributed by atoms with E-state index in [1.807, 2.05) is 31.2 Å². The number of nitrogens with zero attached hydrogens (tertiary/aromatic N) is 1. The number of ether oxygens (including phenoxy) is 2. The molecule has 1 aliphatic heterocycles. The lowest BCUT2D eigenvalue weighted by Crippen LogP contribution is -2.25. The van der Waals surface area contributed by atoms with E-state index in [-0.39, 0.29) is 12.1 Å². The first-order valence-corrected chi connectivity index (χ1v) is 5.32. The number of rotatable bonds is 1. The Morgan fingerprint density at radius 3 is 2.65 bits per heavy atom. The highest BCUT2D eigenvalue weighted by atomic mass is 16.6. The Kier molecular flexibility index (Phi) is 3.20. The second-order valence-corrected chi connectivity index (χ2v) is 3.76. The van der Waals surface area contributed by atoms with Gasteiger partial charge in [-0.15, -0.1) is 0 Å². The summed E-state index contributed by atoms with van der Waals surface area (Å²) in [5, 5.41) is 0. The molecule has 1 aromatic carbocycles. The molecule has 1 atom stereocenters. The van der Waals surface area contributed by atoms with Crippen molar-refractivity contribution in [1.29, 1.82) is 0 Å². The topological polar surface area (TPSA) is 38.8 Å². The largest absolute Gasteiger partial charge is 0.497 e. The minimum atomic E-state index is -0.376. The second kappa shape index (κ2) is 4.79. The van der Waals surface area contributed by atoms with Crippen molar-refractivity contribution in [1.82, 2.24) is 4.90 Å². The summed E-state index contributed by atoms with van der Waals surface area (Å²) in [6.07, 6.45) is -0.376. The summed E-state index contributed by atoms with van der Waals surface area (Å²) in [4.78, 5) is 12.7. The van der Waals surface area contributed by atoms with Crippen molar-refractivity contribution in [3.05, 3.63) is 29.8 Å². The van der Waals surface area contributed by atoms with Crippen molar-refractivity contribution in [2.45, 2.75) is 13.0 Å². The lowest BCUT2D eigenvalue weighted by atomic mass is 10.2. The third-order valence-corrected chi connectivity index (χ3v) is 2.50. The van der Waals surface area contributed by atoms with Crippen molar-refractivity contribution in [3.63, 3.8) is 0 Å². The first-order chi connectivity index (χ1) is 8.20. The van der Waals surface area contributed by atoms with Gasteiger partial charge in [-0.2, -0.15) is 0 Å². The smallest absolute Gasteiger partial charge is 0.422 e. The molecule has 1 fully saturated rings. The minimum absolute atomic E-state index is 0.00764. The van der Waals surface area contributed by atoms with Crippen LogP contribution in [0.3, 0.4) is 0 Å². The van der Waals surface area contributed by atoms with E-state index in [1.165, 1.54) is 4.90 Å². The fourth-order valence-corrected chi connectivity index (χ4v) is 1.47. The highest BCUT2D eigenvalue weighted by Crippen LogP contribution is 2.12. The van der Waals surface area contributed by atoms with Gasteiger partial charge in [0.05, 0.1) is 13.2 Å². The standard InChI is InChI=1S/C13H13NO3/c1-10-9-17-13(15)14(10)8-7-11-3-5-12(16-2)6-4-11/h3-6,10H,9H2,1-2H3/t10-/m0/s1. The summed E-state index contributed by atoms with van der Waals surface area (Å²) < 4.78 is 9.92. The number of amides is 1. The van der Waals surface area contributed by atoms with Crippen molar-refractivity contribution < 1.29 is 14.3 Å². The second-order valence-electron chi connectivity index (χ2n) is 3.76. The van der Waals surface area contributed by atoms with Crippen molar-refractivity contribution in [2.24, 2.45) is 0 Å². The van der Waals surface area contributed by atoms with Gasteiger partial charge in [-0.25, -0.2) is 9.69 Å². The van der Waals surface area contributed by atoms with Gasteiger partial charge in [-0.1, -0.05) is 0 Å². The van der Waals surface area contributed by atoms with E-state index in [1.54, 1.807) is 7.11 Å². The normalized spacial score (nSPS) is 18.4. The molecule has 0 N–H and O–H groups in total. The molecule has 1 amide bonds. The maximum absolute atomic E-state index is 11.3. The Balaban J connectivity index is 2.12. The molecule has 88 valence electrons. The molecule has 17 heavy (non-hydrogen) atoms. The van der Waals surface area contributed by atoms with Crippen molar-refractivity contribution in [2.75, 3.05) is 13.7 Å². The van der Waals surface area contributed by atoms with Crippen LogP contribution in [0.5, 0.6) is 5.75 Å². The van der Waals surface area contributed by atoms with Crippen LogP contribution in [-0.2, 0) is 4.74 Å². The fourth-order valence-electron chi connectivity index (χ4n) is 1.47. The quantitative estimate of drug-likeness (QED) is 0.692. The number of carbonyl (C=O) groups excluding carboxylic acids is 1. The lowest BCUT2D eigenvalue weighted by Gasteiger charge is -2.07. The molecular weight excluding hydrogens is 218 g/mol. The van der Waals surface area contributed by atoms with E-state index in [4.69, 9.17) is 9.47 Å². The molecule has 0 bridgehead atoms. The van der Waals surface area contributed by atoms with E-state index in [9.17, 15) is 4.79 Å². The summed E-state index contributed by atoms with van der Waals surface area (Å²) in [7, 11) is 1.61. The number of carbonyl (C=O) groups is 1. The number of methoxy groups -OCH3 is 1. The summed E-state index contributed by atoms with van der Waals surface area (Å²) >= 11 is 0. The van der Waals surface area contributed by atoms with Gasteiger partial charge < -0.3 is 9.47 Å². The molecule has 0 spiro atoms. The van der Waals surface area contributed by atoms with Gasteiger partial charge in [0.2, 0.25) is 0 Å². The molecule has 0 radical (unpaired) electrons. The summed E-state index contributed by atoms with van der Waals surface area (Å²) in [5.74, 6) is 3.70. The van der Waals surface area contributed by atoms with Gasteiger partial charge in [0.25, 0.3) is 0 Å². The predicted molar refractivity (Wildman–Crippen MR) is 62.5 cm³/mol. The first kappa shape index (κ1) is 11.3. The number of benzene rings is 1. The zero-order valence-corrected chi connectivity index (χ0v) is 9.77. The van der Waals surface area contributed by atoms with E-state index in [0.717, 1.165) is 11.3 Å². The van der Waals surface area contributed by atoms with E-state index >= 15 is 0 Å². The molecular formula is C13H13NO3. The van der Waals surface area contributed by atoms with Gasteiger partial charge in [-0.05, 0) is 37.1 Å². The molecule has 2 rings (SSSR count). The lowest BCUT2D eigenvalue weighted by molar-refractivity contribution is 0.167. The molecule has 0 unspecified atom stereocenters. The minimum Gasteiger partial charge on any atom is -0.497 e. The van der Waals surface area contributed by atoms with Gasteiger partial charge in [0.1, 0.15) is 12.4 Å². The third-order valence-electron chi connectivity index (χ3n) is 2.50. The number of hydrogen-bond acceptors (Lipinski definition) is 3. The Hall–Kier alpha value is -2.15. The number of cyclic esters (lactones) is 1. The Morgan fingerprint density at radius 1 is 1.41 bits per heavy atom. The maximum atomic E-state index is 11.3. The van der Waals surface area contributed by atoms with E-state index < -0.39 is 0 Å². The Morgan fingerprint density at radius 2 is 2.12 bits per heavy atom. The SMILES string of the molecule is COc1ccc(C#CN2C(=O)OC[C@@H]2C)cc1. The molecule has 4 heteroatoms. The molecule has 0 aliphatic carbocycles. The molecule has 0 aromatic heterocycles. The molecule has 1 heterocycles. The van der Waals surface area contributed by atoms with Crippen LogP contribution in [0.15, 0.2) is 24.3 Å². The van der Waals surface area contributed by atoms with Crippen molar-refractivity contribution >= 4 is 6.09 Å². The predicted octanol–water partition coefficient (Wildman–Crippen LogP) is 1.84. The summed E-state index contributed by atoms with van der Waals surface area (Å²) in [6, 6.07) is 10.2. The Bertz CT molecular complexity index is 470. The van der Waals surface area contributed by atoms with Crippen molar-refractivity contribution in [3.8, 4) is 17.7 Å². The highest BCUT2D eigenvalue weighted by molar-refractivity contribution is 5.72. The average Bonchev–Trinajstić information content (AvgIpc) is 2.67. The van der Waals surface area contributed by atoms with Gasteiger partial charge in [-0.3, -0.25) is 0 Å². The van der Waals surface area contributed by atoms with Crippen LogP contribution >= 0.6 is 0 Å². The van der Waals surface area contributed by atoms with E-state index in [0.29, 0.717) is 6.61 Å². The molecule has 1 aliphatic rings. The Labute approximate surface area is 100 Å². The van der Waals surface area contributed by atoms with Crippen LogP contribution < -0.4 is 4.74 Å².